The summed E-state index contributed by atoms with van der Waals surface area (Å²) in [7, 11) is 0. The van der Waals surface area contributed by atoms with E-state index >= 15 is 0 Å². The van der Waals surface area contributed by atoms with Gasteiger partial charge in [0.15, 0.2) is 6.10 Å². The molecule has 0 aromatic heterocycles. The molecule has 0 heterocycles. The van der Waals surface area contributed by atoms with Gasteiger partial charge in [0.1, 0.15) is 0 Å². The predicted octanol–water partition coefficient (Wildman–Crippen LogP) is 1.38. The Bertz CT molecular complexity index is 331. The molecule has 2 N–H and O–H groups in total. The molecule has 0 amide bonds. The molecule has 0 saturated heterocycles. The molecule has 1 aromatic rings. The van der Waals surface area contributed by atoms with Crippen LogP contribution in [-0.4, -0.2) is 29.4 Å². The summed E-state index contributed by atoms with van der Waals surface area (Å²) >= 11 is 0. The molecule has 0 aliphatic rings. The molecule has 0 fully saturated rings. The number of rotatable bonds is 6. The molecule has 4 nitrogen and oxygen atoms in total. The lowest BCUT2D eigenvalue weighted by molar-refractivity contribution is -0.146. The van der Waals surface area contributed by atoms with E-state index in [1.165, 1.54) is 0 Å². The van der Waals surface area contributed by atoms with Crippen LogP contribution in [0.2, 0.25) is 0 Å². The fourth-order valence-corrected chi connectivity index (χ4v) is 1.34. The van der Waals surface area contributed by atoms with E-state index in [0.717, 1.165) is 12.0 Å². The summed E-state index contributed by atoms with van der Waals surface area (Å²) in [6.45, 7) is 3.28. The van der Waals surface area contributed by atoms with Gasteiger partial charge in [-0.25, -0.2) is 4.79 Å². The SMILES string of the molecule is CCOCCc1ccc(C(O)C(=O)O)cc1. The number of aliphatic hydroxyl groups excluding tert-OH is 1. The normalized spacial score (nSPS) is 12.4. The van der Waals surface area contributed by atoms with Crippen molar-refractivity contribution in [2.45, 2.75) is 19.4 Å². The second-order valence-corrected chi connectivity index (χ2v) is 3.43. The standard InChI is InChI=1S/C12H16O4/c1-2-16-8-7-9-3-5-10(6-4-9)11(13)12(14)15/h3-6,11,13H,2,7-8H2,1H3,(H,14,15). The molecule has 1 aromatic carbocycles. The molecule has 0 radical (unpaired) electrons. The highest BCUT2D eigenvalue weighted by atomic mass is 16.5. The zero-order valence-corrected chi connectivity index (χ0v) is 9.22. The molecular formula is C12H16O4. The first-order chi connectivity index (χ1) is 7.65. The minimum atomic E-state index is -1.44. The number of hydrogen-bond donors (Lipinski definition) is 2. The van der Waals surface area contributed by atoms with Gasteiger partial charge in [-0.1, -0.05) is 24.3 Å². The van der Waals surface area contributed by atoms with Gasteiger partial charge in [-0.2, -0.15) is 0 Å². The van der Waals surface area contributed by atoms with Gasteiger partial charge in [-0.05, 0) is 24.5 Å². The van der Waals surface area contributed by atoms with Gasteiger partial charge in [-0.15, -0.1) is 0 Å². The van der Waals surface area contributed by atoms with E-state index in [1.54, 1.807) is 24.3 Å². The van der Waals surface area contributed by atoms with Crippen LogP contribution in [0.25, 0.3) is 0 Å². The van der Waals surface area contributed by atoms with Crippen LogP contribution in [0.15, 0.2) is 24.3 Å². The number of carbonyl (C=O) groups is 1. The van der Waals surface area contributed by atoms with E-state index in [9.17, 15) is 9.90 Å². The zero-order valence-electron chi connectivity index (χ0n) is 9.22. The van der Waals surface area contributed by atoms with Crippen molar-refractivity contribution in [3.8, 4) is 0 Å². The summed E-state index contributed by atoms with van der Waals surface area (Å²) < 4.78 is 5.21. The minimum Gasteiger partial charge on any atom is -0.479 e. The van der Waals surface area contributed by atoms with Gasteiger partial charge in [0.2, 0.25) is 0 Å². The average molecular weight is 224 g/mol. The first kappa shape index (κ1) is 12.7. The molecule has 1 rings (SSSR count). The molecule has 4 heteroatoms. The third kappa shape index (κ3) is 3.64. The van der Waals surface area contributed by atoms with Gasteiger partial charge in [-0.3, -0.25) is 0 Å². The Kier molecular flexibility index (Phi) is 4.95. The van der Waals surface area contributed by atoms with E-state index in [2.05, 4.69) is 0 Å². The molecule has 0 aliphatic heterocycles. The van der Waals surface area contributed by atoms with Crippen molar-refractivity contribution < 1.29 is 19.7 Å². The Morgan fingerprint density at radius 2 is 2.00 bits per heavy atom. The van der Waals surface area contributed by atoms with Gasteiger partial charge in [0.05, 0.1) is 6.61 Å². The number of benzene rings is 1. The minimum absolute atomic E-state index is 0.396. The Morgan fingerprint density at radius 3 is 2.50 bits per heavy atom. The van der Waals surface area contributed by atoms with Crippen molar-refractivity contribution in [3.05, 3.63) is 35.4 Å². The van der Waals surface area contributed by atoms with Crippen LogP contribution in [0, 0.1) is 0 Å². The molecule has 1 unspecified atom stereocenters. The first-order valence-corrected chi connectivity index (χ1v) is 5.22. The van der Waals surface area contributed by atoms with Crippen molar-refractivity contribution in [1.82, 2.24) is 0 Å². The van der Waals surface area contributed by atoms with Crippen molar-refractivity contribution in [2.24, 2.45) is 0 Å². The number of carboxylic acid groups (broad SMARTS) is 1. The topological polar surface area (TPSA) is 66.8 Å². The van der Waals surface area contributed by atoms with Crippen LogP contribution in [-0.2, 0) is 16.0 Å². The van der Waals surface area contributed by atoms with Gasteiger partial charge in [0, 0.05) is 6.61 Å². The molecule has 16 heavy (non-hydrogen) atoms. The summed E-state index contributed by atoms with van der Waals surface area (Å²) in [5.41, 5.74) is 1.46. The number of carboxylic acids is 1. The summed E-state index contributed by atoms with van der Waals surface area (Å²) in [6.07, 6.45) is -0.655. The number of hydrogen-bond acceptors (Lipinski definition) is 3. The van der Waals surface area contributed by atoms with E-state index in [1.807, 2.05) is 6.92 Å². The Balaban J connectivity index is 2.57. The highest BCUT2D eigenvalue weighted by molar-refractivity contribution is 5.73. The quantitative estimate of drug-likeness (QED) is 0.716. The third-order valence-electron chi connectivity index (χ3n) is 2.27. The average Bonchev–Trinajstić information content (AvgIpc) is 2.29. The molecule has 1 atom stereocenters. The second kappa shape index (κ2) is 6.25. The maximum atomic E-state index is 10.5. The lowest BCUT2D eigenvalue weighted by atomic mass is 10.1. The number of aliphatic hydroxyl groups is 1. The molecule has 0 saturated carbocycles. The predicted molar refractivity (Wildman–Crippen MR) is 59.2 cm³/mol. The highest BCUT2D eigenvalue weighted by Crippen LogP contribution is 2.14. The Morgan fingerprint density at radius 1 is 1.38 bits per heavy atom. The largest absolute Gasteiger partial charge is 0.479 e. The second-order valence-electron chi connectivity index (χ2n) is 3.43. The van der Waals surface area contributed by atoms with Crippen molar-refractivity contribution >= 4 is 5.97 Å². The van der Waals surface area contributed by atoms with Crippen LogP contribution in [0.1, 0.15) is 24.2 Å². The fourth-order valence-electron chi connectivity index (χ4n) is 1.34. The summed E-state index contributed by atoms with van der Waals surface area (Å²) in [6, 6.07) is 6.86. The third-order valence-corrected chi connectivity index (χ3v) is 2.27. The summed E-state index contributed by atoms with van der Waals surface area (Å²) in [5, 5.41) is 17.9. The summed E-state index contributed by atoms with van der Waals surface area (Å²) in [5.74, 6) is -1.23. The maximum absolute atomic E-state index is 10.5. The van der Waals surface area contributed by atoms with Crippen LogP contribution < -0.4 is 0 Å². The maximum Gasteiger partial charge on any atom is 0.337 e. The van der Waals surface area contributed by atoms with E-state index < -0.39 is 12.1 Å². The Labute approximate surface area is 94.5 Å². The lowest BCUT2D eigenvalue weighted by Crippen LogP contribution is -2.10. The molecule has 88 valence electrons. The zero-order chi connectivity index (χ0) is 12.0. The highest BCUT2D eigenvalue weighted by Gasteiger charge is 2.14. The van der Waals surface area contributed by atoms with Crippen molar-refractivity contribution in [3.63, 3.8) is 0 Å². The fraction of sp³-hybridized carbons (Fsp3) is 0.417. The molecule has 0 bridgehead atoms. The smallest absolute Gasteiger partial charge is 0.337 e. The van der Waals surface area contributed by atoms with Crippen LogP contribution in [0.3, 0.4) is 0 Å². The molecule has 0 aliphatic carbocycles. The Hall–Kier alpha value is -1.39. The van der Waals surface area contributed by atoms with Crippen molar-refractivity contribution in [2.75, 3.05) is 13.2 Å². The molecule has 0 spiro atoms. The van der Waals surface area contributed by atoms with Crippen LogP contribution >= 0.6 is 0 Å². The summed E-state index contributed by atoms with van der Waals surface area (Å²) in [4.78, 5) is 10.5. The number of ether oxygens (including phenoxy) is 1. The first-order valence-electron chi connectivity index (χ1n) is 5.22. The monoisotopic (exact) mass is 224 g/mol. The number of aliphatic carboxylic acids is 1. The van der Waals surface area contributed by atoms with Crippen molar-refractivity contribution in [1.29, 1.82) is 0 Å². The molecular weight excluding hydrogens is 208 g/mol. The van der Waals surface area contributed by atoms with E-state index in [-0.39, 0.29) is 0 Å². The van der Waals surface area contributed by atoms with E-state index in [4.69, 9.17) is 9.84 Å². The van der Waals surface area contributed by atoms with Gasteiger partial charge in [0.25, 0.3) is 0 Å². The van der Waals surface area contributed by atoms with Crippen LogP contribution in [0.5, 0.6) is 0 Å². The van der Waals surface area contributed by atoms with Gasteiger partial charge >= 0.3 is 5.97 Å². The lowest BCUT2D eigenvalue weighted by Gasteiger charge is -2.07. The van der Waals surface area contributed by atoms with E-state index in [0.29, 0.717) is 18.8 Å². The van der Waals surface area contributed by atoms with Crippen LogP contribution in [0.4, 0.5) is 0 Å². The van der Waals surface area contributed by atoms with Gasteiger partial charge < -0.3 is 14.9 Å².